The van der Waals surface area contributed by atoms with Gasteiger partial charge in [0, 0.05) is 7.77 Å². The molecule has 0 spiro atoms. The number of nitrogens with zero attached hydrogens (tertiary/aromatic N) is 4. The Labute approximate surface area is 106 Å². The van der Waals surface area contributed by atoms with Gasteiger partial charge in [-0.2, -0.15) is 0 Å². The molecule has 1 aliphatic rings. The molecule has 0 unspecified atom stereocenters. The summed E-state index contributed by atoms with van der Waals surface area (Å²) in [7, 11) is 0. The third-order valence-corrected chi connectivity index (χ3v) is 2.59. The highest BCUT2D eigenvalue weighted by Gasteiger charge is 2.35. The first kappa shape index (κ1) is 8.35. The average molecular weight is 254 g/mol. The molecule has 4 N–H and O–H groups in total. The van der Waals surface area contributed by atoms with E-state index in [0.717, 1.165) is 17.2 Å². The minimum Gasteiger partial charge on any atom is -0.394 e. The summed E-state index contributed by atoms with van der Waals surface area (Å²) in [5.74, 6) is 0.0787. The lowest BCUT2D eigenvalue weighted by Gasteiger charge is -2.16. The summed E-state index contributed by atoms with van der Waals surface area (Å²) in [6, 6.07) is 0. The number of hydrogen-bond acceptors (Lipinski definition) is 7. The molecule has 2 aromatic heterocycles. The van der Waals surface area contributed by atoms with E-state index in [1.807, 2.05) is 0 Å². The molecule has 96 valence electrons. The zero-order valence-electron chi connectivity index (χ0n) is 12.2. The summed E-state index contributed by atoms with van der Waals surface area (Å²) >= 11 is 0. The van der Waals surface area contributed by atoms with Crippen molar-refractivity contribution in [2.24, 2.45) is 0 Å². The molecule has 0 radical (unpaired) electrons. The summed E-state index contributed by atoms with van der Waals surface area (Å²) in [6.07, 6.45) is -5.44. The van der Waals surface area contributed by atoms with Crippen LogP contribution in [0, 0.1) is 0 Å². The molecule has 8 heteroatoms. The number of anilines is 1. The van der Waals surface area contributed by atoms with Crippen LogP contribution in [0.15, 0.2) is 12.7 Å². The lowest BCUT2D eigenvalue weighted by atomic mass is 10.2. The SMILES string of the molecule is [2H][C@@H]1[C@@H](CO)O[C@@]([2H])(n2cnc3c(N)ncnc32)[C@]1([2H])O. The highest BCUT2D eigenvalue weighted by Crippen LogP contribution is 2.31. The van der Waals surface area contributed by atoms with Crippen molar-refractivity contribution in [3.63, 3.8) is 0 Å². The number of ether oxygens (including phenoxy) is 1. The van der Waals surface area contributed by atoms with Crippen molar-refractivity contribution >= 4 is 17.0 Å². The van der Waals surface area contributed by atoms with Gasteiger partial charge in [0.1, 0.15) is 17.9 Å². The van der Waals surface area contributed by atoms with Gasteiger partial charge in [-0.3, -0.25) is 4.57 Å². The third-order valence-electron chi connectivity index (χ3n) is 2.59. The number of aromatic nitrogens is 4. The fraction of sp³-hybridized carbons (Fsp3) is 0.500. The van der Waals surface area contributed by atoms with E-state index in [1.54, 1.807) is 0 Å². The Balaban J connectivity index is 2.19. The maximum absolute atomic E-state index is 10.2. The topological polar surface area (TPSA) is 119 Å². The third kappa shape index (κ3) is 1.62. The van der Waals surface area contributed by atoms with Gasteiger partial charge in [-0.15, -0.1) is 0 Å². The minimum absolute atomic E-state index is 0.0787. The molecular formula is C10H13N5O3. The van der Waals surface area contributed by atoms with Gasteiger partial charge in [-0.25, -0.2) is 15.0 Å². The maximum Gasteiger partial charge on any atom is 0.167 e. The first-order valence-electron chi connectivity index (χ1n) is 6.78. The predicted molar refractivity (Wildman–Crippen MR) is 61.4 cm³/mol. The Bertz CT molecular complexity index is 696. The summed E-state index contributed by atoms with van der Waals surface area (Å²) in [4.78, 5) is 11.6. The van der Waals surface area contributed by atoms with Crippen LogP contribution in [0.5, 0.6) is 0 Å². The molecule has 1 fully saturated rings. The number of nitrogens with two attached hydrogens (primary N) is 1. The zero-order valence-corrected chi connectivity index (χ0v) is 9.19. The summed E-state index contributed by atoms with van der Waals surface area (Å²) in [6.45, 7) is -0.597. The van der Waals surface area contributed by atoms with Gasteiger partial charge in [0.25, 0.3) is 0 Å². The van der Waals surface area contributed by atoms with Gasteiger partial charge in [-0.05, 0) is 0 Å². The molecule has 0 amide bonds. The van der Waals surface area contributed by atoms with Crippen LogP contribution in [0.2, 0.25) is 0 Å². The van der Waals surface area contributed by atoms with Crippen LogP contribution < -0.4 is 5.73 Å². The molecule has 0 saturated carbocycles. The Hall–Kier alpha value is -1.77. The van der Waals surface area contributed by atoms with Gasteiger partial charge in [0.05, 0.1) is 21.8 Å². The van der Waals surface area contributed by atoms with Crippen molar-refractivity contribution in [3.8, 4) is 0 Å². The number of imidazole rings is 1. The quantitative estimate of drug-likeness (QED) is 0.632. The fourth-order valence-corrected chi connectivity index (χ4v) is 1.76. The van der Waals surface area contributed by atoms with E-state index in [9.17, 15) is 5.11 Å². The van der Waals surface area contributed by atoms with Crippen molar-refractivity contribution in [1.82, 2.24) is 19.5 Å². The van der Waals surface area contributed by atoms with Crippen molar-refractivity contribution in [2.75, 3.05) is 12.3 Å². The first-order chi connectivity index (χ1) is 9.83. The largest absolute Gasteiger partial charge is 0.394 e. The smallest absolute Gasteiger partial charge is 0.167 e. The number of rotatable bonds is 2. The highest BCUT2D eigenvalue weighted by molar-refractivity contribution is 5.81. The van der Waals surface area contributed by atoms with Gasteiger partial charge in [0.2, 0.25) is 0 Å². The molecule has 2 aromatic rings. The number of nitrogen functional groups attached to an aromatic ring is 1. The normalized spacial score (nSPS) is 42.7. The molecule has 0 aromatic carbocycles. The summed E-state index contributed by atoms with van der Waals surface area (Å²) < 4.78 is 30.2. The minimum atomic E-state index is -2.63. The van der Waals surface area contributed by atoms with Gasteiger partial charge in [0.15, 0.2) is 17.7 Å². The standard InChI is InChI=1S/C10H13N5O3/c11-8-7-9(13-3-12-8)15(4-14-7)10-6(17)1-5(2-16)18-10/h3-6,10,16-17H,1-2H2,(H2,11,12,13)/t5-,6+,10+/m0/s1/i1D,6D,10D/t1-,5+,6-,10-/m1. The van der Waals surface area contributed by atoms with Crippen LogP contribution in [-0.2, 0) is 4.74 Å². The van der Waals surface area contributed by atoms with Crippen LogP contribution in [0.3, 0.4) is 0 Å². The van der Waals surface area contributed by atoms with Crippen molar-refractivity contribution in [2.45, 2.75) is 24.8 Å². The highest BCUT2D eigenvalue weighted by atomic mass is 16.5. The van der Waals surface area contributed by atoms with Crippen LogP contribution in [0.25, 0.3) is 11.2 Å². The van der Waals surface area contributed by atoms with Crippen LogP contribution in [0.1, 0.15) is 16.7 Å². The maximum atomic E-state index is 10.2. The van der Waals surface area contributed by atoms with E-state index in [1.165, 1.54) is 0 Å². The average Bonchev–Trinajstić information content (AvgIpc) is 2.95. The molecule has 18 heavy (non-hydrogen) atoms. The van der Waals surface area contributed by atoms with Crippen LogP contribution in [0.4, 0.5) is 5.82 Å². The number of fused-ring (bicyclic) bond motifs is 1. The lowest BCUT2D eigenvalue weighted by Crippen LogP contribution is -2.19. The van der Waals surface area contributed by atoms with E-state index in [0.29, 0.717) is 0 Å². The van der Waals surface area contributed by atoms with E-state index in [-0.39, 0.29) is 17.0 Å². The van der Waals surface area contributed by atoms with E-state index in [4.69, 9.17) is 19.7 Å². The lowest BCUT2D eigenvalue weighted by molar-refractivity contribution is -0.0486. The number of hydrogen-bond donors (Lipinski definition) is 3. The zero-order chi connectivity index (χ0) is 15.4. The molecule has 3 heterocycles. The van der Waals surface area contributed by atoms with Crippen molar-refractivity contribution in [3.05, 3.63) is 12.7 Å². The fourth-order valence-electron chi connectivity index (χ4n) is 1.76. The van der Waals surface area contributed by atoms with E-state index >= 15 is 0 Å². The molecule has 0 bridgehead atoms. The monoisotopic (exact) mass is 254 g/mol. The Morgan fingerprint density at radius 2 is 2.44 bits per heavy atom. The molecule has 0 aliphatic carbocycles. The van der Waals surface area contributed by atoms with Crippen molar-refractivity contribution in [1.29, 1.82) is 0 Å². The Morgan fingerprint density at radius 1 is 1.61 bits per heavy atom. The summed E-state index contributed by atoms with van der Waals surface area (Å²) in [5.41, 5.74) is 5.93. The molecule has 4 atom stereocenters. The summed E-state index contributed by atoms with van der Waals surface area (Å²) in [5, 5.41) is 19.4. The van der Waals surface area contributed by atoms with Crippen molar-refractivity contribution < 1.29 is 19.1 Å². The van der Waals surface area contributed by atoms with E-state index < -0.39 is 31.4 Å². The van der Waals surface area contributed by atoms with Gasteiger partial charge in [-0.1, -0.05) is 0 Å². The second kappa shape index (κ2) is 4.16. The Morgan fingerprint density at radius 3 is 3.17 bits per heavy atom. The number of aliphatic hydroxyl groups is 2. The van der Waals surface area contributed by atoms with Crippen LogP contribution >= 0.6 is 0 Å². The number of aliphatic hydroxyl groups excluding tert-OH is 1. The van der Waals surface area contributed by atoms with Crippen LogP contribution in [-0.4, -0.2) is 48.5 Å². The molecular weight excluding hydrogens is 238 g/mol. The van der Waals surface area contributed by atoms with Gasteiger partial charge < -0.3 is 20.7 Å². The predicted octanol–water partition coefficient (Wildman–Crippen LogP) is -0.951. The molecule has 1 saturated heterocycles. The first-order valence-corrected chi connectivity index (χ1v) is 5.20. The van der Waals surface area contributed by atoms with E-state index in [2.05, 4.69) is 15.0 Å². The molecule has 3 rings (SSSR count). The van der Waals surface area contributed by atoms with Gasteiger partial charge >= 0.3 is 0 Å². The second-order valence-corrected chi connectivity index (χ2v) is 3.74. The second-order valence-electron chi connectivity index (χ2n) is 3.74. The molecule has 1 aliphatic heterocycles. The molecule has 8 nitrogen and oxygen atoms in total. The Kier molecular flexibility index (Phi) is 1.93.